The smallest absolute Gasteiger partial charge is 0.152 e. The summed E-state index contributed by atoms with van der Waals surface area (Å²) in [5, 5.41) is 0. The molecule has 2 heterocycles. The Balaban J connectivity index is 1.98. The van der Waals surface area contributed by atoms with Gasteiger partial charge in [0.1, 0.15) is 11.3 Å². The summed E-state index contributed by atoms with van der Waals surface area (Å²) in [7, 11) is 0. The van der Waals surface area contributed by atoms with Gasteiger partial charge in [0.25, 0.3) is 0 Å². The highest BCUT2D eigenvalue weighted by Gasteiger charge is 2.24. The van der Waals surface area contributed by atoms with Crippen LogP contribution in [0.15, 0.2) is 30.3 Å². The zero-order valence-corrected chi connectivity index (χ0v) is 14.3. The molecular weight excluding hydrogens is 296 g/mol. The van der Waals surface area contributed by atoms with E-state index in [4.69, 9.17) is 10.7 Å². The number of unbranched alkanes of at least 4 members (excludes halogenated alkanes) is 1. The number of para-hydroxylation sites is 1. The van der Waals surface area contributed by atoms with Crippen LogP contribution in [0.2, 0.25) is 0 Å². The summed E-state index contributed by atoms with van der Waals surface area (Å²) in [5.74, 6) is 1.50. The van der Waals surface area contributed by atoms with Crippen molar-refractivity contribution in [1.82, 2.24) is 14.5 Å². The number of anilines is 1. The SMILES string of the molecule is CCCCc1nc(N)c2c(n1)c1c(n2-c2ccccc2)CCCC1. The molecule has 0 saturated heterocycles. The quantitative estimate of drug-likeness (QED) is 0.783. The lowest BCUT2D eigenvalue weighted by Crippen LogP contribution is -2.07. The summed E-state index contributed by atoms with van der Waals surface area (Å²) < 4.78 is 2.29. The second kappa shape index (κ2) is 6.27. The number of nitrogen functional groups attached to an aromatic ring is 1. The minimum absolute atomic E-state index is 0.615. The van der Waals surface area contributed by atoms with Gasteiger partial charge in [-0.05, 0) is 49.8 Å². The van der Waals surface area contributed by atoms with Crippen molar-refractivity contribution in [1.29, 1.82) is 0 Å². The van der Waals surface area contributed by atoms with Crippen LogP contribution in [-0.4, -0.2) is 14.5 Å². The Morgan fingerprint density at radius 2 is 1.88 bits per heavy atom. The van der Waals surface area contributed by atoms with Crippen LogP contribution in [0, 0.1) is 0 Å². The van der Waals surface area contributed by atoms with Gasteiger partial charge in [-0.15, -0.1) is 0 Å². The lowest BCUT2D eigenvalue weighted by molar-refractivity contribution is 0.666. The van der Waals surface area contributed by atoms with E-state index in [1.54, 1.807) is 0 Å². The minimum Gasteiger partial charge on any atom is -0.382 e. The predicted molar refractivity (Wildman–Crippen MR) is 98.5 cm³/mol. The molecule has 4 nitrogen and oxygen atoms in total. The Hall–Kier alpha value is -2.36. The fraction of sp³-hybridized carbons (Fsp3) is 0.400. The van der Waals surface area contributed by atoms with Crippen molar-refractivity contribution in [3.63, 3.8) is 0 Å². The molecule has 24 heavy (non-hydrogen) atoms. The van der Waals surface area contributed by atoms with Gasteiger partial charge in [-0.2, -0.15) is 0 Å². The normalized spacial score (nSPS) is 14.0. The topological polar surface area (TPSA) is 56.7 Å². The summed E-state index contributed by atoms with van der Waals surface area (Å²) in [6.07, 6.45) is 7.79. The van der Waals surface area contributed by atoms with Crippen LogP contribution in [0.1, 0.15) is 49.7 Å². The van der Waals surface area contributed by atoms with Crippen molar-refractivity contribution >= 4 is 16.9 Å². The summed E-state index contributed by atoms with van der Waals surface area (Å²) in [6.45, 7) is 2.19. The maximum Gasteiger partial charge on any atom is 0.152 e. The molecule has 1 aromatic carbocycles. The number of nitrogens with two attached hydrogens (primary N) is 1. The van der Waals surface area contributed by atoms with E-state index in [0.717, 1.165) is 54.6 Å². The lowest BCUT2D eigenvalue weighted by Gasteiger charge is -2.15. The van der Waals surface area contributed by atoms with Gasteiger partial charge in [0.05, 0.1) is 5.52 Å². The van der Waals surface area contributed by atoms with E-state index in [1.165, 1.54) is 24.1 Å². The Kier molecular flexibility index (Phi) is 3.97. The standard InChI is InChI=1S/C20H24N4/c1-2-3-13-17-22-18-15-11-7-8-12-16(15)24(19(18)20(21)23-17)14-9-5-4-6-10-14/h4-6,9-10H,2-3,7-8,11-13H2,1H3,(H2,21,22,23). The Morgan fingerprint density at radius 3 is 2.67 bits per heavy atom. The van der Waals surface area contributed by atoms with E-state index in [1.807, 2.05) is 6.07 Å². The summed E-state index contributed by atoms with van der Waals surface area (Å²) in [5.41, 5.74) is 12.4. The third-order valence-corrected chi connectivity index (χ3v) is 4.94. The van der Waals surface area contributed by atoms with Crippen LogP contribution in [-0.2, 0) is 19.3 Å². The zero-order valence-electron chi connectivity index (χ0n) is 14.3. The van der Waals surface area contributed by atoms with Crippen LogP contribution in [0.4, 0.5) is 5.82 Å². The third kappa shape index (κ3) is 2.46. The van der Waals surface area contributed by atoms with E-state index in [2.05, 4.69) is 40.7 Å². The molecule has 0 saturated carbocycles. The molecule has 2 N–H and O–H groups in total. The van der Waals surface area contributed by atoms with Gasteiger partial charge in [0, 0.05) is 17.8 Å². The molecule has 0 aliphatic heterocycles. The molecule has 4 heteroatoms. The summed E-state index contributed by atoms with van der Waals surface area (Å²) >= 11 is 0. The maximum atomic E-state index is 6.41. The number of fused-ring (bicyclic) bond motifs is 3. The second-order valence-corrected chi connectivity index (χ2v) is 6.63. The minimum atomic E-state index is 0.615. The number of hydrogen-bond donors (Lipinski definition) is 1. The second-order valence-electron chi connectivity index (χ2n) is 6.63. The first-order valence-corrected chi connectivity index (χ1v) is 9.03. The van der Waals surface area contributed by atoms with Crippen molar-refractivity contribution in [2.75, 3.05) is 5.73 Å². The van der Waals surface area contributed by atoms with Gasteiger partial charge in [0.2, 0.25) is 0 Å². The first-order chi connectivity index (χ1) is 11.8. The van der Waals surface area contributed by atoms with Crippen LogP contribution in [0.5, 0.6) is 0 Å². The molecule has 1 aliphatic carbocycles. The molecule has 0 radical (unpaired) electrons. The molecule has 0 amide bonds. The van der Waals surface area contributed by atoms with Crippen LogP contribution >= 0.6 is 0 Å². The highest BCUT2D eigenvalue weighted by Crippen LogP contribution is 2.35. The van der Waals surface area contributed by atoms with E-state index in [-0.39, 0.29) is 0 Å². The summed E-state index contributed by atoms with van der Waals surface area (Å²) in [6, 6.07) is 10.5. The van der Waals surface area contributed by atoms with Crippen LogP contribution in [0.25, 0.3) is 16.7 Å². The summed E-state index contributed by atoms with van der Waals surface area (Å²) in [4.78, 5) is 9.54. The molecule has 124 valence electrons. The average Bonchev–Trinajstić information content (AvgIpc) is 2.96. The number of aromatic nitrogens is 3. The van der Waals surface area contributed by atoms with Gasteiger partial charge in [-0.1, -0.05) is 31.5 Å². The van der Waals surface area contributed by atoms with Gasteiger partial charge in [-0.3, -0.25) is 0 Å². The molecule has 3 aromatic rings. The fourth-order valence-electron chi connectivity index (χ4n) is 3.79. The van der Waals surface area contributed by atoms with Crippen molar-refractivity contribution in [3.05, 3.63) is 47.4 Å². The largest absolute Gasteiger partial charge is 0.382 e. The number of aryl methyl sites for hydroxylation is 2. The van der Waals surface area contributed by atoms with Gasteiger partial charge in [0.15, 0.2) is 5.82 Å². The highest BCUT2D eigenvalue weighted by atomic mass is 15.1. The fourth-order valence-corrected chi connectivity index (χ4v) is 3.79. The molecule has 4 rings (SSSR count). The molecule has 1 aliphatic rings. The first-order valence-electron chi connectivity index (χ1n) is 9.03. The van der Waals surface area contributed by atoms with E-state index in [9.17, 15) is 0 Å². The zero-order chi connectivity index (χ0) is 16.5. The monoisotopic (exact) mass is 320 g/mol. The predicted octanol–water partition coefficient (Wildman–Crippen LogP) is 4.22. The van der Waals surface area contributed by atoms with Gasteiger partial charge < -0.3 is 10.3 Å². The van der Waals surface area contributed by atoms with Crippen LogP contribution in [0.3, 0.4) is 0 Å². The first kappa shape index (κ1) is 15.2. The van der Waals surface area contributed by atoms with Crippen molar-refractivity contribution in [2.24, 2.45) is 0 Å². The number of benzene rings is 1. The number of rotatable bonds is 4. The van der Waals surface area contributed by atoms with Crippen molar-refractivity contribution in [3.8, 4) is 5.69 Å². The van der Waals surface area contributed by atoms with Gasteiger partial charge >= 0.3 is 0 Å². The molecule has 0 bridgehead atoms. The van der Waals surface area contributed by atoms with Crippen molar-refractivity contribution in [2.45, 2.75) is 51.9 Å². The van der Waals surface area contributed by atoms with E-state index < -0.39 is 0 Å². The number of hydrogen-bond acceptors (Lipinski definition) is 3. The van der Waals surface area contributed by atoms with E-state index in [0.29, 0.717) is 5.82 Å². The van der Waals surface area contributed by atoms with Gasteiger partial charge in [-0.25, -0.2) is 9.97 Å². The Labute approximate surface area is 142 Å². The van der Waals surface area contributed by atoms with Crippen LogP contribution < -0.4 is 5.73 Å². The molecule has 0 spiro atoms. The highest BCUT2D eigenvalue weighted by molar-refractivity contribution is 5.91. The Bertz CT molecular complexity index is 864. The molecule has 0 unspecified atom stereocenters. The maximum absolute atomic E-state index is 6.41. The Morgan fingerprint density at radius 1 is 1.08 bits per heavy atom. The van der Waals surface area contributed by atoms with E-state index >= 15 is 0 Å². The molecule has 2 aromatic heterocycles. The molecule has 0 fully saturated rings. The molecular formula is C20H24N4. The lowest BCUT2D eigenvalue weighted by atomic mass is 9.97. The molecule has 0 atom stereocenters. The average molecular weight is 320 g/mol. The third-order valence-electron chi connectivity index (χ3n) is 4.94. The number of nitrogens with zero attached hydrogens (tertiary/aromatic N) is 3. The van der Waals surface area contributed by atoms with Crippen molar-refractivity contribution < 1.29 is 0 Å².